The molecule has 2 N–H and O–H groups in total. The second kappa shape index (κ2) is 8.15. The first kappa shape index (κ1) is 16.0. The van der Waals surface area contributed by atoms with Crippen LogP contribution in [0.2, 0.25) is 0 Å². The van der Waals surface area contributed by atoms with Crippen molar-refractivity contribution < 1.29 is 8.78 Å². The Morgan fingerprint density at radius 1 is 1.05 bits per heavy atom. The van der Waals surface area contributed by atoms with Crippen molar-refractivity contribution in [3.05, 3.63) is 17.7 Å². The van der Waals surface area contributed by atoms with E-state index in [-0.39, 0.29) is 17.7 Å². The summed E-state index contributed by atoms with van der Waals surface area (Å²) in [5.41, 5.74) is 0. The molecule has 0 unspecified atom stereocenters. The largest absolute Gasteiger partial charge is 0.368 e. The molecule has 1 aliphatic rings. The molecule has 3 nitrogen and oxygen atoms in total. The van der Waals surface area contributed by atoms with E-state index >= 15 is 0 Å². The van der Waals surface area contributed by atoms with E-state index in [9.17, 15) is 8.78 Å². The lowest BCUT2D eigenvalue weighted by atomic mass is 9.97. The van der Waals surface area contributed by atoms with Crippen LogP contribution in [0, 0.1) is 11.6 Å². The summed E-state index contributed by atoms with van der Waals surface area (Å²) in [6, 6.07) is 1.15. The highest BCUT2D eigenvalue weighted by molar-refractivity contribution is 5.48. The Morgan fingerprint density at radius 3 is 2.33 bits per heavy atom. The molecule has 118 valence electrons. The third-order valence-electron chi connectivity index (χ3n) is 3.92. The lowest BCUT2D eigenvalue weighted by molar-refractivity contribution is 0.468. The van der Waals surface area contributed by atoms with Crippen molar-refractivity contribution in [2.45, 2.75) is 64.3 Å². The number of hydrogen-bond acceptors (Lipinski definition) is 3. The van der Waals surface area contributed by atoms with Gasteiger partial charge < -0.3 is 10.6 Å². The van der Waals surface area contributed by atoms with Crippen molar-refractivity contribution in [3.63, 3.8) is 0 Å². The van der Waals surface area contributed by atoms with Crippen LogP contribution >= 0.6 is 0 Å². The molecular formula is C16H25F2N3. The summed E-state index contributed by atoms with van der Waals surface area (Å²) >= 11 is 0. The zero-order chi connectivity index (χ0) is 15.1. The van der Waals surface area contributed by atoms with Crippen molar-refractivity contribution in [1.82, 2.24) is 4.98 Å². The van der Waals surface area contributed by atoms with Crippen LogP contribution in [0.25, 0.3) is 0 Å². The van der Waals surface area contributed by atoms with E-state index in [4.69, 9.17) is 0 Å². The predicted molar refractivity (Wildman–Crippen MR) is 82.7 cm³/mol. The first-order valence-corrected chi connectivity index (χ1v) is 8.07. The number of pyridine rings is 1. The average Bonchev–Trinajstić information content (AvgIpc) is 2.43. The van der Waals surface area contributed by atoms with Crippen molar-refractivity contribution in [2.24, 2.45) is 0 Å². The van der Waals surface area contributed by atoms with Gasteiger partial charge in [0.15, 0.2) is 23.3 Å². The standard InChI is InChI=1S/C16H25F2N3/c1-2-10-19-15-13(17)11-14(18)16(21-15)20-12-8-6-4-3-5-7-9-12/h11-12H,2-10H2,1H3,(H2,19,20,21). The quantitative estimate of drug-likeness (QED) is 0.826. The molecular weight excluding hydrogens is 272 g/mol. The fourth-order valence-corrected chi connectivity index (χ4v) is 2.73. The molecule has 0 radical (unpaired) electrons. The van der Waals surface area contributed by atoms with Crippen molar-refractivity contribution >= 4 is 11.6 Å². The maximum absolute atomic E-state index is 13.9. The topological polar surface area (TPSA) is 37.0 Å². The average molecular weight is 297 g/mol. The second-order valence-electron chi connectivity index (χ2n) is 5.76. The lowest BCUT2D eigenvalue weighted by Crippen LogP contribution is -2.22. The second-order valence-corrected chi connectivity index (χ2v) is 5.76. The minimum Gasteiger partial charge on any atom is -0.368 e. The molecule has 0 bridgehead atoms. The van der Waals surface area contributed by atoms with E-state index in [2.05, 4.69) is 15.6 Å². The fraction of sp³-hybridized carbons (Fsp3) is 0.688. The number of hydrogen-bond donors (Lipinski definition) is 2. The highest BCUT2D eigenvalue weighted by Gasteiger charge is 2.16. The molecule has 0 saturated heterocycles. The summed E-state index contributed by atoms with van der Waals surface area (Å²) in [4.78, 5) is 4.09. The first-order valence-electron chi connectivity index (χ1n) is 8.07. The molecule has 1 fully saturated rings. The van der Waals surface area contributed by atoms with Crippen LogP contribution in [0.5, 0.6) is 0 Å². The van der Waals surface area contributed by atoms with Crippen LogP contribution in [0.3, 0.4) is 0 Å². The van der Waals surface area contributed by atoms with Crippen LogP contribution in [0.15, 0.2) is 6.07 Å². The molecule has 21 heavy (non-hydrogen) atoms. The van der Waals surface area contributed by atoms with Gasteiger partial charge in [0, 0.05) is 18.7 Å². The van der Waals surface area contributed by atoms with E-state index in [0.717, 1.165) is 38.2 Å². The number of aromatic nitrogens is 1. The van der Waals surface area contributed by atoms with Gasteiger partial charge in [0.05, 0.1) is 0 Å². The van der Waals surface area contributed by atoms with Gasteiger partial charge in [-0.1, -0.05) is 39.0 Å². The number of nitrogens with one attached hydrogen (secondary N) is 2. The highest BCUT2D eigenvalue weighted by atomic mass is 19.1. The van der Waals surface area contributed by atoms with Gasteiger partial charge in [-0.3, -0.25) is 0 Å². The van der Waals surface area contributed by atoms with Crippen molar-refractivity contribution in [2.75, 3.05) is 17.2 Å². The Hall–Kier alpha value is -1.39. The molecule has 1 heterocycles. The zero-order valence-electron chi connectivity index (χ0n) is 12.7. The SMILES string of the molecule is CCCNc1nc(NC2CCCCCCC2)c(F)cc1F. The first-order chi connectivity index (χ1) is 10.2. The van der Waals surface area contributed by atoms with E-state index in [0.29, 0.717) is 6.54 Å². The van der Waals surface area contributed by atoms with Crippen LogP contribution in [-0.4, -0.2) is 17.6 Å². The maximum Gasteiger partial charge on any atom is 0.168 e. The predicted octanol–water partition coefficient (Wildman–Crippen LogP) is 4.71. The van der Waals surface area contributed by atoms with Gasteiger partial charge in [0.1, 0.15) is 0 Å². The molecule has 2 rings (SSSR count). The third-order valence-corrected chi connectivity index (χ3v) is 3.92. The molecule has 1 aromatic heterocycles. The summed E-state index contributed by atoms with van der Waals surface area (Å²) < 4.78 is 27.6. The number of anilines is 2. The third kappa shape index (κ3) is 4.83. The van der Waals surface area contributed by atoms with E-state index in [1.54, 1.807) is 0 Å². The zero-order valence-corrected chi connectivity index (χ0v) is 12.7. The summed E-state index contributed by atoms with van der Waals surface area (Å²) in [6.07, 6.45) is 8.99. The number of halogens is 2. The minimum atomic E-state index is -0.635. The Morgan fingerprint density at radius 2 is 1.67 bits per heavy atom. The molecule has 1 saturated carbocycles. The molecule has 5 heteroatoms. The molecule has 0 aromatic carbocycles. The molecule has 0 aliphatic heterocycles. The van der Waals surface area contributed by atoms with Crippen LogP contribution < -0.4 is 10.6 Å². The van der Waals surface area contributed by atoms with Crippen molar-refractivity contribution in [3.8, 4) is 0 Å². The monoisotopic (exact) mass is 297 g/mol. The molecule has 1 aromatic rings. The normalized spacial score (nSPS) is 17.1. The maximum atomic E-state index is 13.9. The minimum absolute atomic E-state index is 0.131. The van der Waals surface area contributed by atoms with Gasteiger partial charge in [-0.15, -0.1) is 0 Å². The van der Waals surface area contributed by atoms with Gasteiger partial charge in [0.2, 0.25) is 0 Å². The molecule has 0 amide bonds. The Bertz CT molecular complexity index is 443. The summed E-state index contributed by atoms with van der Waals surface area (Å²) in [5.74, 6) is -0.951. The highest BCUT2D eigenvalue weighted by Crippen LogP contribution is 2.24. The summed E-state index contributed by atoms with van der Waals surface area (Å²) in [6.45, 7) is 2.61. The number of rotatable bonds is 5. The summed E-state index contributed by atoms with van der Waals surface area (Å²) in [7, 11) is 0. The van der Waals surface area contributed by atoms with E-state index < -0.39 is 11.6 Å². The molecule has 0 spiro atoms. The molecule has 1 aliphatic carbocycles. The van der Waals surface area contributed by atoms with Gasteiger partial charge in [-0.25, -0.2) is 13.8 Å². The number of nitrogens with zero attached hydrogens (tertiary/aromatic N) is 1. The van der Waals surface area contributed by atoms with Gasteiger partial charge >= 0.3 is 0 Å². The Kier molecular flexibility index (Phi) is 6.21. The fourth-order valence-electron chi connectivity index (χ4n) is 2.73. The lowest BCUT2D eigenvalue weighted by Gasteiger charge is -2.22. The Labute approximate surface area is 125 Å². The Balaban J connectivity index is 2.06. The van der Waals surface area contributed by atoms with Gasteiger partial charge in [-0.05, 0) is 19.3 Å². The van der Waals surface area contributed by atoms with E-state index in [1.807, 2.05) is 6.92 Å². The smallest absolute Gasteiger partial charge is 0.168 e. The van der Waals surface area contributed by atoms with Crippen LogP contribution in [-0.2, 0) is 0 Å². The van der Waals surface area contributed by atoms with Crippen molar-refractivity contribution in [1.29, 1.82) is 0 Å². The van der Waals surface area contributed by atoms with Crippen LogP contribution in [0.4, 0.5) is 20.4 Å². The molecule has 0 atom stereocenters. The van der Waals surface area contributed by atoms with Gasteiger partial charge in [-0.2, -0.15) is 0 Å². The van der Waals surface area contributed by atoms with E-state index in [1.165, 1.54) is 19.3 Å². The van der Waals surface area contributed by atoms with Gasteiger partial charge in [0.25, 0.3) is 0 Å². The summed E-state index contributed by atoms with van der Waals surface area (Å²) in [5, 5.41) is 6.07. The van der Waals surface area contributed by atoms with Crippen LogP contribution in [0.1, 0.15) is 58.3 Å².